The molecular weight excluding hydrogens is 763 g/mol. The third-order valence-electron chi connectivity index (χ3n) is 11.0. The van der Waals surface area contributed by atoms with E-state index >= 15 is 0 Å². The maximum Gasteiger partial charge on any atom is 0.407 e. The molecule has 296 valence electrons. The average molecular weight is 806 g/mol. The molecule has 2 saturated carbocycles. The molecule has 1 saturated heterocycles. The molecule has 0 bridgehead atoms. The maximum absolute atomic E-state index is 14.5. The number of hydrogen-bond donors (Lipinski definition) is 3. The molecule has 4 amide bonds. The van der Waals surface area contributed by atoms with E-state index in [-0.39, 0.29) is 19.4 Å². The molecule has 1 aromatic carbocycles. The van der Waals surface area contributed by atoms with Gasteiger partial charge in [-0.2, -0.15) is 0 Å². The SMILES string of the molecule is COC(=O)N[C@H]1CCCCCC=C[C@@H]2C[C@@]2(C(=O)NS(=O)(=O)C2CC2)NC(=O)[C@@H]2C[C@@H](Oc3cc(-c4cccs4)nc4c3oc3cc(OC)ccc34)CN2C1=O. The number of nitrogens with one attached hydrogen (secondary N) is 3. The van der Waals surface area contributed by atoms with E-state index in [1.807, 2.05) is 41.8 Å². The molecule has 0 radical (unpaired) electrons. The summed E-state index contributed by atoms with van der Waals surface area (Å²) >= 11 is 1.51. The molecular formula is C39H43N5O10S2. The first-order valence-corrected chi connectivity index (χ1v) is 21.2. The number of benzene rings is 1. The lowest BCUT2D eigenvalue weighted by atomic mass is 10.1. The van der Waals surface area contributed by atoms with Crippen LogP contribution in [0.5, 0.6) is 11.5 Å². The lowest BCUT2D eigenvalue weighted by Crippen LogP contribution is -2.58. The molecule has 4 aliphatic rings. The van der Waals surface area contributed by atoms with Crippen LogP contribution in [0.3, 0.4) is 0 Å². The summed E-state index contributed by atoms with van der Waals surface area (Å²) in [6.07, 6.45) is 6.58. The summed E-state index contributed by atoms with van der Waals surface area (Å²) in [4.78, 5) is 62.3. The van der Waals surface area contributed by atoms with Gasteiger partial charge in [-0.15, -0.1) is 11.3 Å². The van der Waals surface area contributed by atoms with Crippen molar-refractivity contribution in [1.29, 1.82) is 0 Å². The molecule has 56 heavy (non-hydrogen) atoms. The van der Waals surface area contributed by atoms with E-state index in [1.165, 1.54) is 23.3 Å². The van der Waals surface area contributed by atoms with Crippen LogP contribution < -0.4 is 24.8 Å². The highest BCUT2D eigenvalue weighted by Crippen LogP contribution is 2.46. The highest BCUT2D eigenvalue weighted by atomic mass is 32.2. The van der Waals surface area contributed by atoms with Gasteiger partial charge >= 0.3 is 6.09 Å². The van der Waals surface area contributed by atoms with Crippen LogP contribution >= 0.6 is 11.3 Å². The first-order chi connectivity index (χ1) is 27.0. The van der Waals surface area contributed by atoms with Gasteiger partial charge in [0.15, 0.2) is 11.3 Å². The zero-order valence-electron chi connectivity index (χ0n) is 30.9. The number of carbonyl (C=O) groups excluding carboxylic acids is 4. The Labute approximate surface area is 327 Å². The van der Waals surface area contributed by atoms with E-state index in [4.69, 9.17) is 23.6 Å². The summed E-state index contributed by atoms with van der Waals surface area (Å²) < 4.78 is 51.2. The van der Waals surface area contributed by atoms with Crippen molar-refractivity contribution in [3.8, 4) is 22.1 Å². The molecule has 2 aliphatic carbocycles. The van der Waals surface area contributed by atoms with Gasteiger partial charge in [0.25, 0.3) is 5.91 Å². The van der Waals surface area contributed by atoms with Gasteiger partial charge in [-0.25, -0.2) is 18.2 Å². The molecule has 2 aliphatic heterocycles. The number of ether oxygens (including phenoxy) is 3. The largest absolute Gasteiger partial charge is 0.497 e. The van der Waals surface area contributed by atoms with Crippen molar-refractivity contribution in [2.24, 2.45) is 5.92 Å². The normalized spacial score (nSPS) is 25.7. The number of fused-ring (bicyclic) bond motifs is 5. The van der Waals surface area contributed by atoms with Crippen molar-refractivity contribution in [3.63, 3.8) is 0 Å². The summed E-state index contributed by atoms with van der Waals surface area (Å²) in [6, 6.07) is 8.94. The molecule has 3 aromatic heterocycles. The predicted molar refractivity (Wildman–Crippen MR) is 207 cm³/mol. The third kappa shape index (κ3) is 7.41. The maximum atomic E-state index is 14.5. The zero-order valence-corrected chi connectivity index (χ0v) is 32.6. The number of furan rings is 1. The lowest BCUT2D eigenvalue weighted by molar-refractivity contribution is -0.141. The molecule has 0 spiro atoms. The number of thiophene rings is 1. The zero-order chi connectivity index (χ0) is 39.2. The van der Waals surface area contributed by atoms with Crippen LogP contribution in [0.2, 0.25) is 0 Å². The number of aromatic nitrogens is 1. The van der Waals surface area contributed by atoms with Crippen LogP contribution in [0.1, 0.15) is 57.8 Å². The molecule has 0 unspecified atom stereocenters. The van der Waals surface area contributed by atoms with E-state index in [0.717, 1.165) is 23.1 Å². The standard InChI is InChI=1S/C39H43N5O10S2/c1-51-23-12-15-26-30(18-23)54-34-31(19-28(40-33(26)34)32-11-8-16-55-32)53-24-17-29-35(45)42-39(37(47)43-56(49,50)25-13-14-25)20-22(39)9-6-4-3-5-7-10-27(41-38(48)52-2)36(46)44(29)21-24/h6,8-9,11-12,15-16,18-19,22,24-25,27,29H,3-5,7,10,13-14,17,20-21H2,1-2H3,(H,41,48)(H,42,45)(H,43,47)/t22-,24-,27+,29+,39-/m1/s1. The van der Waals surface area contributed by atoms with E-state index < -0.39 is 68.7 Å². The van der Waals surface area contributed by atoms with E-state index in [9.17, 15) is 27.6 Å². The minimum atomic E-state index is -3.91. The monoisotopic (exact) mass is 805 g/mol. The number of pyridine rings is 1. The van der Waals surface area contributed by atoms with Crippen molar-refractivity contribution in [2.75, 3.05) is 20.8 Å². The van der Waals surface area contributed by atoms with Gasteiger partial charge in [0.1, 0.15) is 40.6 Å². The average Bonchev–Trinajstić information content (AvgIpc) is 3.98. The number of alkyl carbamates (subject to hydrolysis) is 1. The Balaban J connectivity index is 1.15. The van der Waals surface area contributed by atoms with Gasteiger partial charge in [-0.05, 0) is 62.1 Å². The van der Waals surface area contributed by atoms with Crippen LogP contribution in [-0.4, -0.2) is 91.9 Å². The Morgan fingerprint density at radius 1 is 1.09 bits per heavy atom. The fraction of sp³-hybridized carbons (Fsp3) is 0.462. The van der Waals surface area contributed by atoms with E-state index in [2.05, 4.69) is 15.4 Å². The van der Waals surface area contributed by atoms with Crippen molar-refractivity contribution >= 4 is 67.2 Å². The summed E-state index contributed by atoms with van der Waals surface area (Å²) in [5.74, 6) is -1.43. The number of allylic oxidation sites excluding steroid dienone is 1. The Bertz CT molecular complexity index is 2320. The van der Waals surface area contributed by atoms with Crippen molar-refractivity contribution in [1.82, 2.24) is 25.2 Å². The van der Waals surface area contributed by atoms with Gasteiger partial charge in [0, 0.05) is 29.9 Å². The van der Waals surface area contributed by atoms with Crippen LogP contribution in [0.4, 0.5) is 4.79 Å². The van der Waals surface area contributed by atoms with Crippen LogP contribution in [0, 0.1) is 5.92 Å². The van der Waals surface area contributed by atoms with Gasteiger partial charge in [0.05, 0.1) is 36.6 Å². The van der Waals surface area contributed by atoms with Crippen LogP contribution in [0.15, 0.2) is 58.3 Å². The number of hydrogen-bond acceptors (Lipinski definition) is 12. The minimum Gasteiger partial charge on any atom is -0.497 e. The van der Waals surface area contributed by atoms with Crippen molar-refractivity contribution in [3.05, 3.63) is 53.9 Å². The molecule has 15 nitrogen and oxygen atoms in total. The topological polar surface area (TPSA) is 195 Å². The van der Waals surface area contributed by atoms with Gasteiger partial charge in [0.2, 0.25) is 21.8 Å². The Morgan fingerprint density at radius 3 is 2.68 bits per heavy atom. The van der Waals surface area contributed by atoms with E-state index in [1.54, 1.807) is 19.2 Å². The Morgan fingerprint density at radius 2 is 1.93 bits per heavy atom. The molecule has 5 heterocycles. The minimum absolute atomic E-state index is 0.0211. The van der Waals surface area contributed by atoms with Crippen molar-refractivity contribution in [2.45, 2.75) is 86.8 Å². The highest BCUT2D eigenvalue weighted by Gasteiger charge is 2.62. The number of nitrogens with zero attached hydrogens (tertiary/aromatic N) is 2. The molecule has 17 heteroatoms. The molecule has 3 fully saturated rings. The second-order valence-electron chi connectivity index (χ2n) is 14.8. The number of carbonyl (C=O) groups is 4. The van der Waals surface area contributed by atoms with Gasteiger partial charge < -0.3 is 34.2 Å². The van der Waals surface area contributed by atoms with Gasteiger partial charge in [-0.3, -0.25) is 19.1 Å². The number of amides is 4. The number of sulfonamides is 1. The fourth-order valence-corrected chi connectivity index (χ4v) is 9.73. The molecule has 3 N–H and O–H groups in total. The summed E-state index contributed by atoms with van der Waals surface area (Å²) in [5, 5.41) is 7.59. The first-order valence-electron chi connectivity index (χ1n) is 18.8. The summed E-state index contributed by atoms with van der Waals surface area (Å²) in [6.45, 7) is -0.0406. The fourth-order valence-electron chi connectivity index (χ4n) is 7.68. The number of rotatable bonds is 8. The second kappa shape index (κ2) is 15.1. The third-order valence-corrected chi connectivity index (χ3v) is 13.7. The summed E-state index contributed by atoms with van der Waals surface area (Å²) in [7, 11) is -1.13. The Kier molecular flexibility index (Phi) is 10.2. The van der Waals surface area contributed by atoms with Gasteiger partial charge in [-0.1, -0.05) is 31.1 Å². The van der Waals surface area contributed by atoms with Crippen LogP contribution in [-0.2, 0) is 29.1 Å². The smallest absolute Gasteiger partial charge is 0.407 e. The molecule has 8 rings (SSSR count). The predicted octanol–water partition coefficient (Wildman–Crippen LogP) is 4.79. The quantitative estimate of drug-likeness (QED) is 0.207. The number of methoxy groups -OCH3 is 2. The molecule has 5 atom stereocenters. The lowest BCUT2D eigenvalue weighted by Gasteiger charge is -2.29. The Hall–Kier alpha value is -5.16. The highest BCUT2D eigenvalue weighted by molar-refractivity contribution is 7.91. The summed E-state index contributed by atoms with van der Waals surface area (Å²) in [5.41, 5.74) is 0.598. The molecule has 4 aromatic rings. The first kappa shape index (κ1) is 37.7. The van der Waals surface area contributed by atoms with Crippen LogP contribution in [0.25, 0.3) is 32.6 Å². The second-order valence-corrected chi connectivity index (χ2v) is 17.7. The van der Waals surface area contributed by atoms with Crippen molar-refractivity contribution < 1.29 is 46.2 Å². The van der Waals surface area contributed by atoms with E-state index in [0.29, 0.717) is 66.0 Å².